The van der Waals surface area contributed by atoms with Crippen LogP contribution in [-0.2, 0) is 16.0 Å². The van der Waals surface area contributed by atoms with Gasteiger partial charge in [-0.25, -0.2) is 9.69 Å². The lowest BCUT2D eigenvalue weighted by Gasteiger charge is -2.19. The van der Waals surface area contributed by atoms with Crippen LogP contribution in [0.4, 0.5) is 4.79 Å². The second-order valence-corrected chi connectivity index (χ2v) is 6.20. The predicted octanol–water partition coefficient (Wildman–Crippen LogP) is 4.33. The topological polar surface area (TPSA) is 46.6 Å². The quantitative estimate of drug-likeness (QED) is 0.637. The molecule has 23 heavy (non-hydrogen) atoms. The Morgan fingerprint density at radius 1 is 1.13 bits per heavy atom. The minimum atomic E-state index is -0.484. The SMILES string of the molecule is CCCCCCCCC(=O)N1C(=O)OC[C@@H]1Cc1ccccc1. The summed E-state index contributed by atoms with van der Waals surface area (Å²) in [6, 6.07) is 9.75. The molecule has 0 radical (unpaired) electrons. The van der Waals surface area contributed by atoms with Crippen LogP contribution in [0.1, 0.15) is 57.4 Å². The van der Waals surface area contributed by atoms with Gasteiger partial charge < -0.3 is 4.74 Å². The second-order valence-electron chi connectivity index (χ2n) is 6.20. The molecule has 1 atom stereocenters. The summed E-state index contributed by atoms with van der Waals surface area (Å²) in [5.74, 6) is -0.0936. The van der Waals surface area contributed by atoms with E-state index in [1.54, 1.807) is 0 Å². The fraction of sp³-hybridized carbons (Fsp3) is 0.579. The molecule has 0 aliphatic carbocycles. The van der Waals surface area contributed by atoms with Crippen LogP contribution in [0.15, 0.2) is 30.3 Å². The number of cyclic esters (lactones) is 1. The van der Waals surface area contributed by atoms with Crippen LogP contribution in [0.5, 0.6) is 0 Å². The van der Waals surface area contributed by atoms with E-state index in [9.17, 15) is 9.59 Å². The van der Waals surface area contributed by atoms with Gasteiger partial charge in [-0.15, -0.1) is 0 Å². The van der Waals surface area contributed by atoms with E-state index < -0.39 is 6.09 Å². The number of nitrogens with zero attached hydrogens (tertiary/aromatic N) is 1. The van der Waals surface area contributed by atoms with Crippen LogP contribution < -0.4 is 0 Å². The number of imide groups is 1. The normalized spacial score (nSPS) is 17.3. The van der Waals surface area contributed by atoms with Crippen molar-refractivity contribution in [1.29, 1.82) is 0 Å². The third-order valence-corrected chi connectivity index (χ3v) is 4.29. The minimum Gasteiger partial charge on any atom is -0.447 e. The zero-order valence-corrected chi connectivity index (χ0v) is 14.0. The fourth-order valence-corrected chi connectivity index (χ4v) is 2.98. The molecule has 1 fully saturated rings. The molecule has 2 amide bonds. The lowest BCUT2D eigenvalue weighted by atomic mass is 10.0. The molecule has 0 saturated carbocycles. The number of hydrogen-bond donors (Lipinski definition) is 0. The smallest absolute Gasteiger partial charge is 0.416 e. The van der Waals surface area contributed by atoms with Crippen LogP contribution in [-0.4, -0.2) is 29.5 Å². The predicted molar refractivity (Wildman–Crippen MR) is 90.1 cm³/mol. The second kappa shape index (κ2) is 9.33. The monoisotopic (exact) mass is 317 g/mol. The zero-order chi connectivity index (χ0) is 16.5. The van der Waals surface area contributed by atoms with E-state index in [-0.39, 0.29) is 11.9 Å². The molecule has 0 aromatic heterocycles. The molecule has 0 unspecified atom stereocenters. The van der Waals surface area contributed by atoms with E-state index in [4.69, 9.17) is 4.74 Å². The van der Waals surface area contributed by atoms with Crippen molar-refractivity contribution in [2.24, 2.45) is 0 Å². The zero-order valence-electron chi connectivity index (χ0n) is 14.0. The van der Waals surface area contributed by atoms with E-state index in [0.29, 0.717) is 19.4 Å². The van der Waals surface area contributed by atoms with Crippen LogP contribution in [0.25, 0.3) is 0 Å². The maximum atomic E-state index is 12.4. The summed E-state index contributed by atoms with van der Waals surface area (Å²) in [7, 11) is 0. The fourth-order valence-electron chi connectivity index (χ4n) is 2.98. The molecule has 1 aromatic rings. The van der Waals surface area contributed by atoms with E-state index in [2.05, 4.69) is 6.92 Å². The maximum Gasteiger partial charge on any atom is 0.416 e. The van der Waals surface area contributed by atoms with Gasteiger partial charge in [0.25, 0.3) is 0 Å². The van der Waals surface area contributed by atoms with E-state index in [0.717, 1.165) is 18.4 Å². The van der Waals surface area contributed by atoms with Gasteiger partial charge in [-0.2, -0.15) is 0 Å². The first kappa shape index (κ1) is 17.5. The van der Waals surface area contributed by atoms with Crippen molar-refractivity contribution >= 4 is 12.0 Å². The Labute approximate surface area is 138 Å². The summed E-state index contributed by atoms with van der Waals surface area (Å²) in [6.45, 7) is 2.49. The highest BCUT2D eigenvalue weighted by atomic mass is 16.6. The van der Waals surface area contributed by atoms with Crippen molar-refractivity contribution in [2.45, 2.75) is 64.3 Å². The average molecular weight is 317 g/mol. The number of rotatable bonds is 9. The lowest BCUT2D eigenvalue weighted by Crippen LogP contribution is -2.40. The Morgan fingerprint density at radius 3 is 2.57 bits per heavy atom. The summed E-state index contributed by atoms with van der Waals surface area (Å²) in [6.07, 6.45) is 7.39. The highest BCUT2D eigenvalue weighted by molar-refractivity contribution is 5.93. The number of ether oxygens (including phenoxy) is 1. The molecule has 4 nitrogen and oxygen atoms in total. The summed E-state index contributed by atoms with van der Waals surface area (Å²) >= 11 is 0. The van der Waals surface area contributed by atoms with Crippen molar-refractivity contribution in [1.82, 2.24) is 4.90 Å². The van der Waals surface area contributed by atoms with E-state index >= 15 is 0 Å². The molecule has 0 bridgehead atoms. The Balaban J connectivity index is 1.80. The van der Waals surface area contributed by atoms with Gasteiger partial charge in [-0.3, -0.25) is 4.79 Å². The highest BCUT2D eigenvalue weighted by Gasteiger charge is 2.37. The molecule has 0 spiro atoms. The summed E-state index contributed by atoms with van der Waals surface area (Å²) in [4.78, 5) is 25.6. The molecule has 1 saturated heterocycles. The Hall–Kier alpha value is -1.84. The maximum absolute atomic E-state index is 12.4. The molecular weight excluding hydrogens is 290 g/mol. The Morgan fingerprint density at radius 2 is 1.83 bits per heavy atom. The van der Waals surface area contributed by atoms with Gasteiger partial charge in [0.05, 0.1) is 6.04 Å². The van der Waals surface area contributed by atoms with Gasteiger partial charge in [-0.1, -0.05) is 69.4 Å². The van der Waals surface area contributed by atoms with Crippen molar-refractivity contribution < 1.29 is 14.3 Å². The molecule has 1 aliphatic heterocycles. The summed E-state index contributed by atoms with van der Waals surface area (Å²) < 4.78 is 5.10. The Bertz CT molecular complexity index is 501. The molecule has 1 aliphatic rings. The first-order chi connectivity index (χ1) is 11.2. The lowest BCUT2D eigenvalue weighted by molar-refractivity contribution is -0.129. The molecule has 2 rings (SSSR count). The minimum absolute atomic E-state index is 0.0936. The summed E-state index contributed by atoms with van der Waals surface area (Å²) in [5, 5.41) is 0. The van der Waals surface area contributed by atoms with Crippen molar-refractivity contribution in [3.05, 3.63) is 35.9 Å². The number of amides is 2. The molecule has 126 valence electrons. The summed E-state index contributed by atoms with van der Waals surface area (Å²) in [5.41, 5.74) is 1.12. The molecular formula is C19H27NO3. The molecule has 1 aromatic carbocycles. The van der Waals surface area contributed by atoms with Crippen LogP contribution in [0.3, 0.4) is 0 Å². The number of unbranched alkanes of at least 4 members (excludes halogenated alkanes) is 5. The third kappa shape index (κ3) is 5.38. The third-order valence-electron chi connectivity index (χ3n) is 4.29. The number of carbonyl (C=O) groups is 2. The van der Waals surface area contributed by atoms with Gasteiger partial charge in [-0.05, 0) is 18.4 Å². The van der Waals surface area contributed by atoms with Gasteiger partial charge in [0, 0.05) is 6.42 Å². The van der Waals surface area contributed by atoms with Gasteiger partial charge >= 0.3 is 6.09 Å². The van der Waals surface area contributed by atoms with Gasteiger partial charge in [0.2, 0.25) is 5.91 Å². The number of hydrogen-bond acceptors (Lipinski definition) is 3. The first-order valence-corrected chi connectivity index (χ1v) is 8.75. The van der Waals surface area contributed by atoms with Crippen molar-refractivity contribution in [2.75, 3.05) is 6.61 Å². The van der Waals surface area contributed by atoms with Gasteiger partial charge in [0.15, 0.2) is 0 Å². The molecule has 4 heteroatoms. The van der Waals surface area contributed by atoms with Gasteiger partial charge in [0.1, 0.15) is 6.61 Å². The Kier molecular flexibility index (Phi) is 7.11. The van der Waals surface area contributed by atoms with E-state index in [1.165, 1.54) is 30.6 Å². The molecule has 1 heterocycles. The largest absolute Gasteiger partial charge is 0.447 e. The first-order valence-electron chi connectivity index (χ1n) is 8.75. The number of carbonyl (C=O) groups excluding carboxylic acids is 2. The standard InChI is InChI=1S/C19H27NO3/c1-2-3-4-5-6-10-13-18(21)20-17(15-23-19(20)22)14-16-11-8-7-9-12-16/h7-9,11-12,17H,2-6,10,13-15H2,1H3/t17-/m0/s1. The molecule has 0 N–H and O–H groups in total. The van der Waals surface area contributed by atoms with Crippen LogP contribution in [0.2, 0.25) is 0 Å². The van der Waals surface area contributed by atoms with Crippen LogP contribution in [0, 0.1) is 0 Å². The van der Waals surface area contributed by atoms with Crippen molar-refractivity contribution in [3.8, 4) is 0 Å². The number of benzene rings is 1. The van der Waals surface area contributed by atoms with Crippen molar-refractivity contribution in [3.63, 3.8) is 0 Å². The van der Waals surface area contributed by atoms with Crippen LogP contribution >= 0.6 is 0 Å². The van der Waals surface area contributed by atoms with E-state index in [1.807, 2.05) is 30.3 Å². The average Bonchev–Trinajstić information content (AvgIpc) is 2.92. The highest BCUT2D eigenvalue weighted by Crippen LogP contribution is 2.19.